The van der Waals surface area contributed by atoms with Gasteiger partial charge in [0, 0.05) is 19.5 Å². The van der Waals surface area contributed by atoms with Crippen molar-refractivity contribution < 1.29 is 9.18 Å². The lowest BCUT2D eigenvalue weighted by atomic mass is 9.99. The third kappa shape index (κ3) is 3.13. The third-order valence-corrected chi connectivity index (χ3v) is 4.59. The fourth-order valence-corrected chi connectivity index (χ4v) is 3.25. The second kappa shape index (κ2) is 6.64. The molecule has 4 rings (SSSR count). The standard InChI is InChI=1S/C19H19FN4O/c20-19-14-7-9-21-11-13(14)5-6-16(19)23-18(25)8-10-24-12-22-15-3-1-2-4-17(15)24/h1-6,12,21H,7-11H2,(H,23,25). The SMILES string of the molecule is O=C(CCn1cnc2ccccc21)Nc1ccc2c(c1F)CCNC2. The summed E-state index contributed by atoms with van der Waals surface area (Å²) in [6.45, 7) is 1.94. The van der Waals surface area contributed by atoms with Crippen molar-refractivity contribution >= 4 is 22.6 Å². The van der Waals surface area contributed by atoms with Gasteiger partial charge in [-0.05, 0) is 42.3 Å². The molecule has 0 saturated heterocycles. The Morgan fingerprint density at radius 2 is 2.16 bits per heavy atom. The molecule has 0 bridgehead atoms. The average Bonchev–Trinajstić information content (AvgIpc) is 3.06. The second-order valence-corrected chi connectivity index (χ2v) is 6.22. The lowest BCUT2D eigenvalue weighted by Crippen LogP contribution is -2.25. The van der Waals surface area contributed by atoms with E-state index in [-0.39, 0.29) is 23.8 Å². The van der Waals surface area contributed by atoms with Crippen LogP contribution in [-0.2, 0) is 24.3 Å². The summed E-state index contributed by atoms with van der Waals surface area (Å²) in [5.74, 6) is -0.508. The van der Waals surface area contributed by atoms with E-state index in [9.17, 15) is 9.18 Å². The van der Waals surface area contributed by atoms with Gasteiger partial charge < -0.3 is 15.2 Å². The summed E-state index contributed by atoms with van der Waals surface area (Å²) in [7, 11) is 0. The van der Waals surface area contributed by atoms with E-state index in [1.807, 2.05) is 34.9 Å². The first-order valence-electron chi connectivity index (χ1n) is 8.43. The van der Waals surface area contributed by atoms with Gasteiger partial charge in [0.1, 0.15) is 5.82 Å². The molecule has 2 heterocycles. The number of anilines is 1. The zero-order chi connectivity index (χ0) is 17.2. The number of carbonyl (C=O) groups excluding carboxylic acids is 1. The predicted octanol–water partition coefficient (Wildman–Crippen LogP) is 2.85. The van der Waals surface area contributed by atoms with E-state index in [1.54, 1.807) is 12.4 Å². The lowest BCUT2D eigenvalue weighted by Gasteiger charge is -2.19. The maximum atomic E-state index is 14.6. The number of hydrogen-bond donors (Lipinski definition) is 2. The number of benzene rings is 2. The summed E-state index contributed by atoms with van der Waals surface area (Å²) >= 11 is 0. The predicted molar refractivity (Wildman–Crippen MR) is 94.8 cm³/mol. The average molecular weight is 338 g/mol. The summed E-state index contributed by atoms with van der Waals surface area (Å²) < 4.78 is 16.5. The fourth-order valence-electron chi connectivity index (χ4n) is 3.25. The molecule has 1 aliphatic heterocycles. The van der Waals surface area contributed by atoms with Crippen molar-refractivity contribution in [2.45, 2.75) is 25.9 Å². The Hall–Kier alpha value is -2.73. The Bertz CT molecular complexity index is 934. The number of aryl methyl sites for hydroxylation is 1. The minimum absolute atomic E-state index is 0.203. The highest BCUT2D eigenvalue weighted by Crippen LogP contribution is 2.24. The van der Waals surface area contributed by atoms with Crippen LogP contribution in [0.5, 0.6) is 0 Å². The van der Waals surface area contributed by atoms with Gasteiger partial charge in [0.25, 0.3) is 0 Å². The molecular formula is C19H19FN4O. The molecule has 6 heteroatoms. The molecule has 0 aliphatic carbocycles. The molecule has 128 valence electrons. The van der Waals surface area contributed by atoms with Gasteiger partial charge in [0.05, 0.1) is 23.0 Å². The van der Waals surface area contributed by atoms with Crippen LogP contribution in [0.25, 0.3) is 11.0 Å². The molecule has 0 unspecified atom stereocenters. The maximum Gasteiger partial charge on any atom is 0.226 e. The van der Waals surface area contributed by atoms with Crippen LogP contribution < -0.4 is 10.6 Å². The van der Waals surface area contributed by atoms with Crippen molar-refractivity contribution in [3.8, 4) is 0 Å². The van der Waals surface area contributed by atoms with Crippen molar-refractivity contribution in [1.29, 1.82) is 0 Å². The smallest absolute Gasteiger partial charge is 0.226 e. The van der Waals surface area contributed by atoms with Gasteiger partial charge in [0.2, 0.25) is 5.91 Å². The summed E-state index contributed by atoms with van der Waals surface area (Å²) in [6, 6.07) is 11.3. The first-order chi connectivity index (χ1) is 12.2. The number of halogens is 1. The van der Waals surface area contributed by atoms with Gasteiger partial charge >= 0.3 is 0 Å². The van der Waals surface area contributed by atoms with Gasteiger partial charge in [-0.25, -0.2) is 9.37 Å². The van der Waals surface area contributed by atoms with E-state index in [4.69, 9.17) is 0 Å². The van der Waals surface area contributed by atoms with E-state index in [0.717, 1.165) is 23.1 Å². The van der Waals surface area contributed by atoms with Crippen molar-refractivity contribution in [2.75, 3.05) is 11.9 Å². The Labute approximate surface area is 144 Å². The highest BCUT2D eigenvalue weighted by molar-refractivity contribution is 5.91. The number of carbonyl (C=O) groups is 1. The largest absolute Gasteiger partial charge is 0.330 e. The third-order valence-electron chi connectivity index (χ3n) is 4.59. The highest BCUT2D eigenvalue weighted by Gasteiger charge is 2.17. The Kier molecular flexibility index (Phi) is 4.19. The van der Waals surface area contributed by atoms with Crippen molar-refractivity contribution in [3.63, 3.8) is 0 Å². The van der Waals surface area contributed by atoms with Gasteiger partial charge in [-0.1, -0.05) is 18.2 Å². The maximum absolute atomic E-state index is 14.6. The molecule has 3 aromatic rings. The molecule has 0 spiro atoms. The number of amides is 1. The number of fused-ring (bicyclic) bond motifs is 2. The normalized spacial score (nSPS) is 13.6. The van der Waals surface area contributed by atoms with Crippen LogP contribution in [0.3, 0.4) is 0 Å². The van der Waals surface area contributed by atoms with Crippen molar-refractivity contribution in [2.24, 2.45) is 0 Å². The number of imidazole rings is 1. The van der Waals surface area contributed by atoms with E-state index in [1.165, 1.54) is 0 Å². The zero-order valence-corrected chi connectivity index (χ0v) is 13.8. The molecule has 1 aromatic heterocycles. The van der Waals surface area contributed by atoms with Gasteiger partial charge in [-0.2, -0.15) is 0 Å². The van der Waals surface area contributed by atoms with Crippen LogP contribution in [0.1, 0.15) is 17.5 Å². The summed E-state index contributed by atoms with van der Waals surface area (Å²) in [5.41, 5.74) is 3.82. The minimum Gasteiger partial charge on any atom is -0.330 e. The van der Waals surface area contributed by atoms with Crippen LogP contribution in [0.4, 0.5) is 10.1 Å². The quantitative estimate of drug-likeness (QED) is 0.769. The van der Waals surface area contributed by atoms with Crippen LogP contribution in [0.15, 0.2) is 42.7 Å². The van der Waals surface area contributed by atoms with Crippen LogP contribution >= 0.6 is 0 Å². The summed E-state index contributed by atoms with van der Waals surface area (Å²) in [6.07, 6.45) is 2.63. The Morgan fingerprint density at radius 1 is 1.28 bits per heavy atom. The number of para-hydroxylation sites is 2. The van der Waals surface area contributed by atoms with Gasteiger partial charge in [-0.3, -0.25) is 4.79 Å². The molecule has 1 amide bonds. The first kappa shape index (κ1) is 15.8. The number of nitrogens with one attached hydrogen (secondary N) is 2. The van der Waals surface area contributed by atoms with Crippen LogP contribution in [0, 0.1) is 5.82 Å². The molecule has 0 fully saturated rings. The van der Waals surface area contributed by atoms with Crippen LogP contribution in [0.2, 0.25) is 0 Å². The van der Waals surface area contributed by atoms with E-state index in [0.29, 0.717) is 25.1 Å². The Morgan fingerprint density at radius 3 is 3.08 bits per heavy atom. The van der Waals surface area contributed by atoms with Gasteiger partial charge in [-0.15, -0.1) is 0 Å². The molecule has 5 nitrogen and oxygen atoms in total. The lowest BCUT2D eigenvalue weighted by molar-refractivity contribution is -0.116. The molecule has 0 radical (unpaired) electrons. The molecular weight excluding hydrogens is 319 g/mol. The Balaban J connectivity index is 1.44. The van der Waals surface area contributed by atoms with Crippen molar-refractivity contribution in [1.82, 2.24) is 14.9 Å². The van der Waals surface area contributed by atoms with E-state index >= 15 is 0 Å². The monoisotopic (exact) mass is 338 g/mol. The topological polar surface area (TPSA) is 59.0 Å². The minimum atomic E-state index is -0.305. The fraction of sp³-hybridized carbons (Fsp3) is 0.263. The highest BCUT2D eigenvalue weighted by atomic mass is 19.1. The number of rotatable bonds is 4. The van der Waals surface area contributed by atoms with Crippen molar-refractivity contribution in [3.05, 3.63) is 59.7 Å². The second-order valence-electron chi connectivity index (χ2n) is 6.22. The number of nitrogens with zero attached hydrogens (tertiary/aromatic N) is 2. The molecule has 0 saturated carbocycles. The van der Waals surface area contributed by atoms with E-state index < -0.39 is 0 Å². The number of hydrogen-bond acceptors (Lipinski definition) is 3. The molecule has 1 aliphatic rings. The van der Waals surface area contributed by atoms with E-state index in [2.05, 4.69) is 15.6 Å². The zero-order valence-electron chi connectivity index (χ0n) is 13.8. The number of aromatic nitrogens is 2. The molecule has 2 N–H and O–H groups in total. The first-order valence-corrected chi connectivity index (χ1v) is 8.43. The molecule has 2 aromatic carbocycles. The van der Waals surface area contributed by atoms with Gasteiger partial charge in [0.15, 0.2) is 0 Å². The summed E-state index contributed by atoms with van der Waals surface area (Å²) in [4.78, 5) is 16.5. The molecule has 25 heavy (non-hydrogen) atoms. The molecule has 0 atom stereocenters. The van der Waals surface area contributed by atoms with Crippen LogP contribution in [-0.4, -0.2) is 22.0 Å². The summed E-state index contributed by atoms with van der Waals surface area (Å²) in [5, 5.41) is 5.92.